The van der Waals surface area contributed by atoms with Crippen LogP contribution >= 0.6 is 0 Å². The molecule has 3 aliphatic heterocycles. The normalized spacial score (nSPS) is 21.4. The number of carbonyl (C=O) groups is 5. The number of nitrogens with zero attached hydrogens (tertiary/aromatic N) is 4. The summed E-state index contributed by atoms with van der Waals surface area (Å²) in [5.41, 5.74) is 1.46. The fourth-order valence-corrected chi connectivity index (χ4v) is 4.88. The zero-order valence-corrected chi connectivity index (χ0v) is 19.4. The van der Waals surface area contributed by atoms with Gasteiger partial charge in [-0.25, -0.2) is 0 Å². The lowest BCUT2D eigenvalue weighted by atomic mass is 10.0. The molecule has 1 atom stereocenters. The van der Waals surface area contributed by atoms with Gasteiger partial charge in [0.15, 0.2) is 0 Å². The quantitative estimate of drug-likeness (QED) is 0.445. The van der Waals surface area contributed by atoms with E-state index in [1.165, 1.54) is 7.05 Å². The number of amides is 4. The van der Waals surface area contributed by atoms with E-state index in [1.807, 2.05) is 6.07 Å². The molecule has 0 saturated carbocycles. The molecule has 2 saturated heterocycles. The highest BCUT2D eigenvalue weighted by atomic mass is 16.4. The van der Waals surface area contributed by atoms with Crippen LogP contribution in [-0.4, -0.2) is 95.2 Å². The van der Waals surface area contributed by atoms with Gasteiger partial charge in [-0.15, -0.1) is 0 Å². The fraction of sp³-hybridized carbons (Fsp3) is 0.542. The molecule has 4 rings (SSSR count). The van der Waals surface area contributed by atoms with Crippen LogP contribution < -0.4 is 4.90 Å². The lowest BCUT2D eigenvalue weighted by Crippen LogP contribution is -2.54. The lowest BCUT2D eigenvalue weighted by Gasteiger charge is -2.36. The SMILES string of the molecule is CN1C(=O)CCC(N2C(=O)c3ccc(N4CCN(CCCCCC(=O)O)CC4)cc3C2=O)C1=O. The Morgan fingerprint density at radius 2 is 1.68 bits per heavy atom. The Morgan fingerprint density at radius 1 is 0.971 bits per heavy atom. The number of aliphatic carboxylic acids is 1. The molecule has 3 aliphatic rings. The summed E-state index contributed by atoms with van der Waals surface area (Å²) in [7, 11) is 1.38. The summed E-state index contributed by atoms with van der Waals surface area (Å²) in [6.07, 6.45) is 3.06. The summed E-state index contributed by atoms with van der Waals surface area (Å²) < 4.78 is 0. The molecule has 2 fully saturated rings. The molecule has 0 radical (unpaired) electrons. The van der Waals surface area contributed by atoms with Crippen molar-refractivity contribution in [2.24, 2.45) is 0 Å². The maximum absolute atomic E-state index is 13.1. The zero-order chi connectivity index (χ0) is 24.4. The second-order valence-corrected chi connectivity index (χ2v) is 9.09. The first kappa shape index (κ1) is 23.9. The van der Waals surface area contributed by atoms with Gasteiger partial charge in [-0.05, 0) is 44.0 Å². The van der Waals surface area contributed by atoms with E-state index in [0.29, 0.717) is 17.5 Å². The number of likely N-dealkylation sites (tertiary alicyclic amines) is 1. The number of hydrogen-bond acceptors (Lipinski definition) is 7. The van der Waals surface area contributed by atoms with E-state index in [2.05, 4.69) is 9.80 Å². The number of piperidine rings is 1. The number of benzene rings is 1. The number of rotatable bonds is 8. The minimum absolute atomic E-state index is 0.120. The van der Waals surface area contributed by atoms with Crippen LogP contribution in [0, 0.1) is 0 Å². The van der Waals surface area contributed by atoms with Crippen molar-refractivity contribution < 1.29 is 29.1 Å². The van der Waals surface area contributed by atoms with E-state index in [0.717, 1.165) is 61.1 Å². The third-order valence-corrected chi connectivity index (χ3v) is 6.94. The van der Waals surface area contributed by atoms with Crippen molar-refractivity contribution >= 4 is 35.3 Å². The Balaban J connectivity index is 1.36. The van der Waals surface area contributed by atoms with Gasteiger partial charge in [0, 0.05) is 51.8 Å². The van der Waals surface area contributed by atoms with Crippen LogP contribution in [0.5, 0.6) is 0 Å². The Kier molecular flexibility index (Phi) is 6.97. The molecule has 0 bridgehead atoms. The smallest absolute Gasteiger partial charge is 0.303 e. The number of hydrogen-bond donors (Lipinski definition) is 1. The van der Waals surface area contributed by atoms with Gasteiger partial charge in [-0.3, -0.25) is 38.7 Å². The molecular weight excluding hydrogens is 440 g/mol. The highest BCUT2D eigenvalue weighted by Crippen LogP contribution is 2.31. The van der Waals surface area contributed by atoms with Gasteiger partial charge in [0.1, 0.15) is 6.04 Å². The van der Waals surface area contributed by atoms with Crippen LogP contribution in [0.1, 0.15) is 59.2 Å². The molecule has 0 aromatic heterocycles. The molecule has 1 N–H and O–H groups in total. The monoisotopic (exact) mass is 470 g/mol. The Hall–Kier alpha value is -3.27. The molecule has 1 unspecified atom stereocenters. The number of anilines is 1. The van der Waals surface area contributed by atoms with Crippen LogP contribution in [0.25, 0.3) is 0 Å². The van der Waals surface area contributed by atoms with Crippen LogP contribution in [0.3, 0.4) is 0 Å². The van der Waals surface area contributed by atoms with Crippen molar-refractivity contribution in [2.45, 2.75) is 44.6 Å². The highest BCUT2D eigenvalue weighted by molar-refractivity contribution is 6.23. The maximum atomic E-state index is 13.1. The van der Waals surface area contributed by atoms with E-state index >= 15 is 0 Å². The number of imide groups is 2. The van der Waals surface area contributed by atoms with Gasteiger partial charge in [0.25, 0.3) is 17.7 Å². The Morgan fingerprint density at radius 3 is 2.38 bits per heavy atom. The van der Waals surface area contributed by atoms with Crippen molar-refractivity contribution in [3.05, 3.63) is 29.3 Å². The molecule has 34 heavy (non-hydrogen) atoms. The summed E-state index contributed by atoms with van der Waals surface area (Å²) in [6, 6.07) is 4.28. The molecule has 10 heteroatoms. The minimum Gasteiger partial charge on any atom is -0.481 e. The second-order valence-electron chi connectivity index (χ2n) is 9.09. The summed E-state index contributed by atoms with van der Waals surface area (Å²) in [6.45, 7) is 4.24. The molecular formula is C24H30N4O6. The minimum atomic E-state index is -0.947. The average Bonchev–Trinajstić information content (AvgIpc) is 3.07. The van der Waals surface area contributed by atoms with E-state index in [9.17, 15) is 24.0 Å². The summed E-state index contributed by atoms with van der Waals surface area (Å²) in [5, 5.41) is 8.71. The predicted octanol–water partition coefficient (Wildman–Crippen LogP) is 1.20. The summed E-state index contributed by atoms with van der Waals surface area (Å²) in [4.78, 5) is 67.6. The van der Waals surface area contributed by atoms with Crippen molar-refractivity contribution in [2.75, 3.05) is 44.7 Å². The van der Waals surface area contributed by atoms with Gasteiger partial charge >= 0.3 is 5.97 Å². The molecule has 0 aliphatic carbocycles. The number of likely N-dealkylation sites (N-methyl/N-ethyl adjacent to an activating group) is 1. The van der Waals surface area contributed by atoms with Gasteiger partial charge in [-0.2, -0.15) is 0 Å². The molecule has 4 amide bonds. The summed E-state index contributed by atoms with van der Waals surface area (Å²) in [5.74, 6) is -2.55. The molecule has 1 aromatic carbocycles. The van der Waals surface area contributed by atoms with E-state index in [-0.39, 0.29) is 25.2 Å². The van der Waals surface area contributed by atoms with Crippen molar-refractivity contribution in [1.29, 1.82) is 0 Å². The fourth-order valence-electron chi connectivity index (χ4n) is 4.88. The van der Waals surface area contributed by atoms with Gasteiger partial charge in [0.2, 0.25) is 5.91 Å². The molecule has 0 spiro atoms. The van der Waals surface area contributed by atoms with Crippen LogP contribution in [0.4, 0.5) is 5.69 Å². The van der Waals surface area contributed by atoms with Crippen LogP contribution in [-0.2, 0) is 14.4 Å². The molecule has 182 valence electrons. The van der Waals surface area contributed by atoms with E-state index in [4.69, 9.17) is 5.11 Å². The zero-order valence-electron chi connectivity index (χ0n) is 19.4. The van der Waals surface area contributed by atoms with Gasteiger partial charge in [0.05, 0.1) is 11.1 Å². The average molecular weight is 471 g/mol. The van der Waals surface area contributed by atoms with Crippen molar-refractivity contribution in [3.63, 3.8) is 0 Å². The third-order valence-electron chi connectivity index (χ3n) is 6.94. The molecule has 10 nitrogen and oxygen atoms in total. The number of carboxylic acid groups (broad SMARTS) is 1. The lowest BCUT2D eigenvalue weighted by molar-refractivity contribution is -0.149. The predicted molar refractivity (Wildman–Crippen MR) is 122 cm³/mol. The van der Waals surface area contributed by atoms with Crippen LogP contribution in [0.15, 0.2) is 18.2 Å². The topological polar surface area (TPSA) is 119 Å². The second kappa shape index (κ2) is 9.92. The first-order valence-corrected chi connectivity index (χ1v) is 11.8. The van der Waals surface area contributed by atoms with Crippen molar-refractivity contribution in [3.8, 4) is 0 Å². The first-order valence-electron chi connectivity index (χ1n) is 11.8. The van der Waals surface area contributed by atoms with E-state index in [1.54, 1.807) is 12.1 Å². The summed E-state index contributed by atoms with van der Waals surface area (Å²) >= 11 is 0. The van der Waals surface area contributed by atoms with Gasteiger partial charge < -0.3 is 10.0 Å². The highest BCUT2D eigenvalue weighted by Gasteiger charge is 2.46. The first-order chi connectivity index (χ1) is 16.3. The Bertz CT molecular complexity index is 1020. The number of unbranched alkanes of at least 4 members (excludes halogenated alkanes) is 2. The third kappa shape index (κ3) is 4.68. The van der Waals surface area contributed by atoms with Crippen molar-refractivity contribution in [1.82, 2.24) is 14.7 Å². The maximum Gasteiger partial charge on any atom is 0.303 e. The van der Waals surface area contributed by atoms with Crippen LogP contribution in [0.2, 0.25) is 0 Å². The number of fused-ring (bicyclic) bond motifs is 1. The molecule has 1 aromatic rings. The Labute approximate surface area is 198 Å². The number of carbonyl (C=O) groups excluding carboxylic acids is 4. The van der Waals surface area contributed by atoms with Gasteiger partial charge in [-0.1, -0.05) is 6.42 Å². The number of carboxylic acids is 1. The van der Waals surface area contributed by atoms with E-state index < -0.39 is 29.7 Å². The number of piperazine rings is 1. The standard InChI is InChI=1S/C24H30N4O6/c1-25-20(29)9-8-19(24(25)34)28-22(32)17-7-6-16(15-18(17)23(28)33)27-13-11-26(12-14-27)10-4-2-3-5-21(30)31/h6-7,15,19H,2-5,8-14H2,1H3,(H,30,31). The molecule has 3 heterocycles. The largest absolute Gasteiger partial charge is 0.481 e.